The fourth-order valence-electron chi connectivity index (χ4n) is 3.51. The standard InChI is InChI=1S/C18H25NO3S2/c1-13-8-9-17(23-15-6-2-3-7-15)16(11-13)18(20)19-14-5-4-10-24(21,22)12-14/h8-9,11,14-15H,2-7,10,12H2,1H3,(H,19,20). The Hall–Kier alpha value is -1.01. The molecule has 0 radical (unpaired) electrons. The third-order valence-corrected chi connectivity index (χ3v) is 8.01. The molecule has 2 aliphatic rings. The van der Waals surface area contributed by atoms with E-state index in [2.05, 4.69) is 5.32 Å². The molecule has 0 spiro atoms. The van der Waals surface area contributed by atoms with Gasteiger partial charge in [0.05, 0.1) is 17.1 Å². The smallest absolute Gasteiger partial charge is 0.252 e. The van der Waals surface area contributed by atoms with Gasteiger partial charge in [-0.1, -0.05) is 24.5 Å². The number of rotatable bonds is 4. The maximum Gasteiger partial charge on any atom is 0.252 e. The number of carbonyl (C=O) groups excluding carboxylic acids is 1. The largest absolute Gasteiger partial charge is 0.348 e. The molecule has 1 aromatic rings. The quantitative estimate of drug-likeness (QED) is 0.886. The summed E-state index contributed by atoms with van der Waals surface area (Å²) >= 11 is 1.80. The lowest BCUT2D eigenvalue weighted by molar-refractivity contribution is 0.0935. The van der Waals surface area contributed by atoms with Crippen LogP contribution in [0.4, 0.5) is 0 Å². The molecule has 3 rings (SSSR count). The summed E-state index contributed by atoms with van der Waals surface area (Å²) in [6, 6.07) is 5.73. The third-order valence-electron chi connectivity index (χ3n) is 4.77. The average molecular weight is 368 g/mol. The number of amides is 1. The monoisotopic (exact) mass is 367 g/mol. The van der Waals surface area contributed by atoms with Gasteiger partial charge in [-0.25, -0.2) is 8.42 Å². The molecule has 1 aliphatic heterocycles. The molecule has 4 nitrogen and oxygen atoms in total. The summed E-state index contributed by atoms with van der Waals surface area (Å²) in [4.78, 5) is 13.8. The molecule has 6 heteroatoms. The van der Waals surface area contributed by atoms with Crippen molar-refractivity contribution < 1.29 is 13.2 Å². The Bertz CT molecular complexity index is 709. The van der Waals surface area contributed by atoms with Crippen molar-refractivity contribution in [2.24, 2.45) is 0 Å². The van der Waals surface area contributed by atoms with Gasteiger partial charge in [-0.2, -0.15) is 0 Å². The summed E-state index contributed by atoms with van der Waals surface area (Å²) in [6.07, 6.45) is 6.32. The predicted octanol–water partition coefficient (Wildman–Crippen LogP) is 3.34. The summed E-state index contributed by atoms with van der Waals surface area (Å²) < 4.78 is 23.5. The Morgan fingerprint density at radius 2 is 1.92 bits per heavy atom. The van der Waals surface area contributed by atoms with E-state index in [9.17, 15) is 13.2 Å². The van der Waals surface area contributed by atoms with Gasteiger partial charge in [0.2, 0.25) is 0 Å². The maximum atomic E-state index is 12.8. The lowest BCUT2D eigenvalue weighted by Gasteiger charge is -2.23. The summed E-state index contributed by atoms with van der Waals surface area (Å²) in [6.45, 7) is 1.98. The molecule has 1 heterocycles. The lowest BCUT2D eigenvalue weighted by atomic mass is 10.1. The van der Waals surface area contributed by atoms with Crippen LogP contribution in [0, 0.1) is 6.92 Å². The minimum atomic E-state index is -3.02. The minimum absolute atomic E-state index is 0.0651. The van der Waals surface area contributed by atoms with Crippen molar-refractivity contribution >= 4 is 27.5 Å². The number of hydrogen-bond donors (Lipinski definition) is 1. The van der Waals surface area contributed by atoms with E-state index in [4.69, 9.17) is 0 Å². The Morgan fingerprint density at radius 1 is 1.17 bits per heavy atom. The molecule has 1 saturated carbocycles. The summed E-state index contributed by atoms with van der Waals surface area (Å²) in [5.74, 6) is 0.170. The summed E-state index contributed by atoms with van der Waals surface area (Å²) in [5.41, 5.74) is 1.74. The van der Waals surface area contributed by atoms with E-state index in [-0.39, 0.29) is 23.5 Å². The number of carbonyl (C=O) groups is 1. The number of hydrogen-bond acceptors (Lipinski definition) is 4. The van der Waals surface area contributed by atoms with E-state index >= 15 is 0 Å². The first-order valence-corrected chi connectivity index (χ1v) is 11.4. The highest BCUT2D eigenvalue weighted by molar-refractivity contribution is 8.00. The van der Waals surface area contributed by atoms with E-state index in [1.165, 1.54) is 25.7 Å². The van der Waals surface area contributed by atoms with Crippen LogP contribution in [0.5, 0.6) is 0 Å². The molecular weight excluding hydrogens is 342 g/mol. The molecule has 132 valence electrons. The van der Waals surface area contributed by atoms with E-state index in [1.54, 1.807) is 11.8 Å². The molecule has 1 amide bonds. The third kappa shape index (κ3) is 4.54. The van der Waals surface area contributed by atoms with E-state index in [1.807, 2.05) is 25.1 Å². The highest BCUT2D eigenvalue weighted by atomic mass is 32.2. The van der Waals surface area contributed by atoms with Crippen LogP contribution in [0.25, 0.3) is 0 Å². The number of benzene rings is 1. The van der Waals surface area contributed by atoms with Crippen molar-refractivity contribution in [3.63, 3.8) is 0 Å². The zero-order chi connectivity index (χ0) is 17.2. The van der Waals surface area contributed by atoms with Crippen molar-refractivity contribution in [1.82, 2.24) is 5.32 Å². The molecule has 1 unspecified atom stereocenters. The Balaban J connectivity index is 1.74. The molecule has 1 saturated heterocycles. The number of nitrogens with one attached hydrogen (secondary N) is 1. The van der Waals surface area contributed by atoms with Gasteiger partial charge in [-0.3, -0.25) is 4.79 Å². The Morgan fingerprint density at radius 3 is 2.62 bits per heavy atom. The molecule has 1 aliphatic carbocycles. The van der Waals surface area contributed by atoms with Gasteiger partial charge < -0.3 is 5.32 Å². The second kappa shape index (κ2) is 7.48. The maximum absolute atomic E-state index is 12.8. The molecule has 0 aromatic heterocycles. The predicted molar refractivity (Wildman–Crippen MR) is 98.4 cm³/mol. The number of sulfone groups is 1. The van der Waals surface area contributed by atoms with Crippen LogP contribution >= 0.6 is 11.8 Å². The van der Waals surface area contributed by atoms with Crippen LogP contribution < -0.4 is 5.32 Å². The van der Waals surface area contributed by atoms with Gasteiger partial charge in [0.15, 0.2) is 9.84 Å². The normalized spacial score (nSPS) is 24.0. The van der Waals surface area contributed by atoms with Gasteiger partial charge in [-0.15, -0.1) is 11.8 Å². The molecule has 24 heavy (non-hydrogen) atoms. The first-order valence-electron chi connectivity index (χ1n) is 8.71. The second-order valence-electron chi connectivity index (χ2n) is 6.95. The zero-order valence-electron chi connectivity index (χ0n) is 14.1. The molecule has 0 bridgehead atoms. The second-order valence-corrected chi connectivity index (χ2v) is 10.5. The summed E-state index contributed by atoms with van der Waals surface area (Å²) in [5, 5.41) is 3.54. The average Bonchev–Trinajstić information content (AvgIpc) is 3.01. The van der Waals surface area contributed by atoms with Crippen LogP contribution in [-0.4, -0.2) is 37.1 Å². The van der Waals surface area contributed by atoms with Gasteiger partial charge in [-0.05, 0) is 44.7 Å². The van der Waals surface area contributed by atoms with Gasteiger partial charge in [0.1, 0.15) is 0 Å². The molecule has 1 N–H and O–H groups in total. The molecule has 2 fully saturated rings. The lowest BCUT2D eigenvalue weighted by Crippen LogP contribution is -2.43. The van der Waals surface area contributed by atoms with Gasteiger partial charge in [0.25, 0.3) is 5.91 Å². The Labute approximate surface area is 148 Å². The zero-order valence-corrected chi connectivity index (χ0v) is 15.7. The first kappa shape index (κ1) is 17.8. The molecule has 1 atom stereocenters. The highest BCUT2D eigenvalue weighted by Gasteiger charge is 2.27. The van der Waals surface area contributed by atoms with Crippen LogP contribution in [-0.2, 0) is 9.84 Å². The van der Waals surface area contributed by atoms with Crippen molar-refractivity contribution in [3.05, 3.63) is 29.3 Å². The van der Waals surface area contributed by atoms with Crippen LogP contribution in [0.2, 0.25) is 0 Å². The minimum Gasteiger partial charge on any atom is -0.348 e. The van der Waals surface area contributed by atoms with Crippen molar-refractivity contribution in [2.45, 2.75) is 61.6 Å². The van der Waals surface area contributed by atoms with Crippen molar-refractivity contribution in [2.75, 3.05) is 11.5 Å². The fourth-order valence-corrected chi connectivity index (χ4v) is 6.50. The van der Waals surface area contributed by atoms with Gasteiger partial charge >= 0.3 is 0 Å². The first-order chi connectivity index (χ1) is 11.4. The molecule has 1 aromatic carbocycles. The van der Waals surface area contributed by atoms with E-state index in [0.29, 0.717) is 17.2 Å². The highest BCUT2D eigenvalue weighted by Crippen LogP contribution is 2.36. The number of thioether (sulfide) groups is 1. The van der Waals surface area contributed by atoms with Crippen molar-refractivity contribution in [3.8, 4) is 0 Å². The Kier molecular flexibility index (Phi) is 5.55. The van der Waals surface area contributed by atoms with E-state index in [0.717, 1.165) is 16.9 Å². The van der Waals surface area contributed by atoms with Crippen LogP contribution in [0.1, 0.15) is 54.4 Å². The molecular formula is C18H25NO3S2. The number of aryl methyl sites for hydroxylation is 1. The fraction of sp³-hybridized carbons (Fsp3) is 0.611. The van der Waals surface area contributed by atoms with Crippen molar-refractivity contribution in [1.29, 1.82) is 0 Å². The topological polar surface area (TPSA) is 63.2 Å². The van der Waals surface area contributed by atoms with Crippen LogP contribution in [0.15, 0.2) is 23.1 Å². The van der Waals surface area contributed by atoms with E-state index < -0.39 is 9.84 Å². The van der Waals surface area contributed by atoms with Gasteiger partial charge in [0, 0.05) is 16.2 Å². The summed E-state index contributed by atoms with van der Waals surface area (Å²) in [7, 11) is -3.02. The SMILES string of the molecule is Cc1ccc(SC2CCCC2)c(C(=O)NC2CCCS(=O)(=O)C2)c1. The van der Waals surface area contributed by atoms with Crippen LogP contribution in [0.3, 0.4) is 0 Å².